The number of fused-ring (bicyclic) bond motifs is 4. The topological polar surface area (TPSA) is 234 Å². The molecule has 0 unspecified atom stereocenters. The van der Waals surface area contributed by atoms with E-state index in [2.05, 4.69) is 30.5 Å². The number of alkyl halides is 3. The van der Waals surface area contributed by atoms with Gasteiger partial charge in [0.15, 0.2) is 23.2 Å². The number of anilines is 2. The summed E-state index contributed by atoms with van der Waals surface area (Å²) in [5.74, 6) is -8.31. The smallest absolute Gasteiger partial charge is 0.490 e. The number of aromatic nitrogens is 6. The van der Waals surface area contributed by atoms with Crippen molar-refractivity contribution < 1.29 is 60.3 Å². The van der Waals surface area contributed by atoms with Gasteiger partial charge in [0.2, 0.25) is 23.6 Å². The number of piperidine rings is 1. The number of piperazine rings is 1. The molecule has 3 saturated heterocycles. The molecule has 3 saturated carbocycles. The number of phenolic OH excluding ortho intramolecular Hbond substituents is 1. The summed E-state index contributed by atoms with van der Waals surface area (Å²) < 4.78 is 83.0. The van der Waals surface area contributed by atoms with Crippen LogP contribution in [0.5, 0.6) is 5.75 Å². The highest BCUT2D eigenvalue weighted by atomic mass is 19.4. The number of nitrogens with zero attached hydrogens (tertiary/aromatic N) is 9. The highest BCUT2D eigenvalue weighted by Gasteiger charge is 2.52. The van der Waals surface area contributed by atoms with Crippen LogP contribution in [0.3, 0.4) is 0 Å². The summed E-state index contributed by atoms with van der Waals surface area (Å²) in [7, 11) is 1.71. The number of carboxylic acids is 1. The number of rotatable bonds is 12. The fourth-order valence-corrected chi connectivity index (χ4v) is 10.8. The van der Waals surface area contributed by atoms with Gasteiger partial charge >= 0.3 is 17.8 Å². The number of carbonyl (C=O) groups is 4. The van der Waals surface area contributed by atoms with Crippen molar-refractivity contribution >= 4 is 46.5 Å². The highest BCUT2D eigenvalue weighted by molar-refractivity contribution is 6.00. The van der Waals surface area contributed by atoms with Crippen LogP contribution in [0.2, 0.25) is 0 Å². The number of aliphatic carboxylic acids is 1. The number of carbonyl (C=O) groups excluding carboxylic acids is 3. The van der Waals surface area contributed by atoms with Gasteiger partial charge in [-0.25, -0.2) is 23.4 Å². The molecular formula is C48H53F6N11O8. The first-order chi connectivity index (χ1) is 34.7. The minimum Gasteiger partial charge on any atom is -0.503 e. The predicted octanol–water partition coefficient (Wildman–Crippen LogP) is 5.29. The van der Waals surface area contributed by atoms with Crippen molar-refractivity contribution in [1.82, 2.24) is 44.8 Å². The lowest BCUT2D eigenvalue weighted by atomic mass is 9.53. The quantitative estimate of drug-likeness (QED) is 0.0706. The number of amides is 3. The highest BCUT2D eigenvalue weighted by Crippen LogP contribution is 2.57. The summed E-state index contributed by atoms with van der Waals surface area (Å²) >= 11 is 0. The van der Waals surface area contributed by atoms with E-state index in [1.165, 1.54) is 4.57 Å². The lowest BCUT2D eigenvalue weighted by Crippen LogP contribution is -2.49. The van der Waals surface area contributed by atoms with Crippen molar-refractivity contribution in [3.05, 3.63) is 75.2 Å². The Morgan fingerprint density at radius 2 is 1.56 bits per heavy atom. The molecule has 19 nitrogen and oxygen atoms in total. The van der Waals surface area contributed by atoms with E-state index in [4.69, 9.17) is 29.4 Å². The molecule has 11 rings (SSSR count). The molecule has 5 aromatic rings. The third-order valence-electron chi connectivity index (χ3n) is 15.2. The van der Waals surface area contributed by atoms with E-state index in [0.717, 1.165) is 127 Å². The first-order valence-corrected chi connectivity index (χ1v) is 24.2. The molecule has 0 radical (unpaired) electrons. The first-order valence-electron chi connectivity index (χ1n) is 24.2. The maximum atomic E-state index is 14.4. The maximum absolute atomic E-state index is 14.4. The monoisotopic (exact) mass is 1030 g/mol. The lowest BCUT2D eigenvalue weighted by Gasteiger charge is -2.52. The number of carboxylic acid groups (broad SMARTS) is 1. The number of nitrogens with one attached hydrogen (secondary N) is 2. The van der Waals surface area contributed by atoms with Crippen molar-refractivity contribution in [2.75, 3.05) is 62.2 Å². The van der Waals surface area contributed by atoms with Crippen molar-refractivity contribution in [3.63, 3.8) is 0 Å². The molecule has 390 valence electrons. The maximum Gasteiger partial charge on any atom is 0.490 e. The van der Waals surface area contributed by atoms with Gasteiger partial charge in [0.25, 0.3) is 11.8 Å². The zero-order chi connectivity index (χ0) is 52.0. The number of aromatic hydroxyl groups is 1. The zero-order valence-corrected chi connectivity index (χ0v) is 39.7. The lowest BCUT2D eigenvalue weighted by molar-refractivity contribution is -0.192. The van der Waals surface area contributed by atoms with Gasteiger partial charge in [-0.3, -0.25) is 33.7 Å². The Balaban J connectivity index is 0.000000875. The molecule has 4 N–H and O–H groups in total. The molecule has 1 atom stereocenters. The zero-order valence-electron chi connectivity index (χ0n) is 39.7. The van der Waals surface area contributed by atoms with Crippen molar-refractivity contribution in [2.45, 2.75) is 94.7 Å². The summed E-state index contributed by atoms with van der Waals surface area (Å²) in [6.07, 6.45) is 3.75. The molecule has 73 heavy (non-hydrogen) atoms. The third kappa shape index (κ3) is 10.3. The van der Waals surface area contributed by atoms with E-state index in [1.54, 1.807) is 11.6 Å². The Kier molecular flexibility index (Phi) is 14.0. The van der Waals surface area contributed by atoms with Crippen LogP contribution in [-0.4, -0.2) is 127 Å². The average molecular weight is 1030 g/mol. The van der Waals surface area contributed by atoms with Gasteiger partial charge in [-0.05, 0) is 106 Å². The van der Waals surface area contributed by atoms with Crippen LogP contribution in [-0.2, 0) is 33.3 Å². The summed E-state index contributed by atoms with van der Waals surface area (Å²) in [4.78, 5) is 81.2. The van der Waals surface area contributed by atoms with E-state index in [9.17, 15) is 50.6 Å². The molecule has 3 aliphatic heterocycles. The number of imide groups is 1. The number of aryl methyl sites for hydroxylation is 2. The van der Waals surface area contributed by atoms with Gasteiger partial charge in [0.1, 0.15) is 17.6 Å². The second kappa shape index (κ2) is 20.1. The summed E-state index contributed by atoms with van der Waals surface area (Å²) in [5, 5.41) is 26.0. The average Bonchev–Trinajstić information content (AvgIpc) is 4.17. The van der Waals surface area contributed by atoms with Gasteiger partial charge in [0, 0.05) is 70.8 Å². The molecule has 2 aromatic carbocycles. The molecule has 6 heterocycles. The van der Waals surface area contributed by atoms with E-state index < -0.39 is 58.8 Å². The van der Waals surface area contributed by atoms with Gasteiger partial charge in [-0.1, -0.05) is 11.2 Å². The second-order valence-electron chi connectivity index (χ2n) is 19.6. The summed E-state index contributed by atoms with van der Waals surface area (Å²) in [6.45, 7) is 6.05. The molecule has 3 aromatic heterocycles. The van der Waals surface area contributed by atoms with Gasteiger partial charge < -0.3 is 29.9 Å². The number of imidazole rings is 1. The fraction of sp³-hybridized carbons (Fsp3) is 0.521. The number of phenols is 1. The van der Waals surface area contributed by atoms with Crippen LogP contribution in [0.15, 0.2) is 39.6 Å². The van der Waals surface area contributed by atoms with Crippen molar-refractivity contribution in [2.24, 2.45) is 12.5 Å². The van der Waals surface area contributed by atoms with Crippen molar-refractivity contribution in [1.29, 1.82) is 0 Å². The Bertz CT molecular complexity index is 2990. The van der Waals surface area contributed by atoms with E-state index in [0.29, 0.717) is 41.4 Å². The van der Waals surface area contributed by atoms with Crippen LogP contribution in [0.25, 0.3) is 22.6 Å². The Labute approximate surface area is 412 Å². The van der Waals surface area contributed by atoms with Crippen LogP contribution in [0.4, 0.5) is 38.1 Å². The molecule has 0 spiro atoms. The standard InChI is InChI=1S/C46H52F3N11O6.C2HF3O2/c1-56-33-23-27(6-7-31(33)60(44(56)65)32-8-9-35(61)53-40(32)64)5-4-16-57-19-21-59(22-20-57)43-51-30(25-34(52-43)58-17-2-3-18-58)41-54-42(55-66-41)46-13-10-45(11-14-46,12-15-46)26-50-39(63)28-24-29(47)38(62)37(49)36(28)48;3-2(4,5)1(6)7/h6-7,23-25,32,62H,2-5,8-22,26H2,1H3,(H,50,63)(H,53,61,64);(H,6,7)/t32-,45?,46?;/m1./s1. The van der Waals surface area contributed by atoms with Gasteiger partial charge in [-0.2, -0.15) is 27.5 Å². The van der Waals surface area contributed by atoms with E-state index in [-0.39, 0.29) is 35.4 Å². The minimum absolute atomic E-state index is 0.195. The van der Waals surface area contributed by atoms with Crippen molar-refractivity contribution in [3.8, 4) is 17.3 Å². The SMILES string of the molecule is Cn1c(=O)n([C@@H]2CCC(=O)NC2=O)c2ccc(CCCN3CCN(c4nc(-c5nc(C67CCC(CNC(=O)c8cc(F)c(O)c(F)c8F)(CC6)CC7)no5)cc(N5CCCC5)n4)CC3)cc21.O=C(O)C(F)(F)F. The van der Waals surface area contributed by atoms with E-state index in [1.807, 2.05) is 24.3 Å². The number of hydrogen-bond acceptors (Lipinski definition) is 14. The molecule has 6 fully saturated rings. The van der Waals surface area contributed by atoms with E-state index >= 15 is 0 Å². The van der Waals surface area contributed by atoms with Gasteiger partial charge in [0.05, 0.1) is 16.6 Å². The third-order valence-corrected chi connectivity index (χ3v) is 15.2. The molecule has 3 aliphatic carbocycles. The molecule has 25 heteroatoms. The normalized spacial score (nSPS) is 22.4. The fourth-order valence-electron chi connectivity index (χ4n) is 10.8. The Morgan fingerprint density at radius 3 is 2.22 bits per heavy atom. The molecule has 6 aliphatic rings. The molecular weight excluding hydrogens is 973 g/mol. The van der Waals surface area contributed by atoms with Gasteiger partial charge in [-0.15, -0.1) is 0 Å². The van der Waals surface area contributed by atoms with Crippen LogP contribution in [0.1, 0.15) is 98.4 Å². The number of hydrogen-bond donors (Lipinski definition) is 4. The summed E-state index contributed by atoms with van der Waals surface area (Å²) in [6, 6.07) is 7.66. The number of halogens is 6. The predicted molar refractivity (Wildman–Crippen MR) is 248 cm³/mol. The summed E-state index contributed by atoms with van der Waals surface area (Å²) in [5.41, 5.74) is 1.45. The van der Waals surface area contributed by atoms with Crippen LogP contribution in [0, 0.1) is 22.9 Å². The Morgan fingerprint density at radius 1 is 0.877 bits per heavy atom. The van der Waals surface area contributed by atoms with Crippen LogP contribution < -0.4 is 26.1 Å². The number of benzene rings is 2. The molecule has 3 amide bonds. The second-order valence-corrected chi connectivity index (χ2v) is 19.6. The van der Waals surface area contributed by atoms with Crippen LogP contribution >= 0.6 is 0 Å². The Hall–Kier alpha value is -7.05. The molecule has 2 bridgehead atoms. The minimum atomic E-state index is -5.08. The largest absolute Gasteiger partial charge is 0.503 e. The first kappa shape index (κ1) is 50.9.